The maximum Gasteiger partial charge on any atom is 0.110 e. The number of hydrogen-bond donors (Lipinski definition) is 1. The lowest BCUT2D eigenvalue weighted by atomic mass is 9.78. The Morgan fingerprint density at radius 3 is 2.75 bits per heavy atom. The molecule has 2 bridgehead atoms. The van der Waals surface area contributed by atoms with Crippen molar-refractivity contribution in [2.24, 2.45) is 0 Å². The summed E-state index contributed by atoms with van der Waals surface area (Å²) in [6.45, 7) is 0.220. The molecule has 4 fully saturated rings. The molecule has 3 aliphatic heterocycles. The van der Waals surface area contributed by atoms with E-state index in [0.717, 1.165) is 32.1 Å². The van der Waals surface area contributed by atoms with Crippen molar-refractivity contribution in [3.63, 3.8) is 0 Å². The number of epoxide rings is 1. The van der Waals surface area contributed by atoms with Crippen molar-refractivity contribution in [2.45, 2.75) is 68.2 Å². The summed E-state index contributed by atoms with van der Waals surface area (Å²) < 4.78 is 17.9. The van der Waals surface area contributed by atoms with Crippen LogP contribution in [0.15, 0.2) is 0 Å². The van der Waals surface area contributed by atoms with Crippen LogP contribution in [-0.4, -0.2) is 47.8 Å². The fourth-order valence-corrected chi connectivity index (χ4v) is 3.83. The van der Waals surface area contributed by atoms with Crippen molar-refractivity contribution in [1.82, 2.24) is 0 Å². The second-order valence-corrected chi connectivity index (χ2v) is 5.60. The van der Waals surface area contributed by atoms with Gasteiger partial charge in [-0.2, -0.15) is 0 Å². The molecule has 90 valence electrons. The van der Waals surface area contributed by atoms with Gasteiger partial charge in [-0.1, -0.05) is 0 Å². The summed E-state index contributed by atoms with van der Waals surface area (Å²) in [6.07, 6.45) is 6.39. The first-order valence-electron chi connectivity index (χ1n) is 6.40. The predicted octanol–water partition coefficient (Wildman–Crippen LogP) is 0.615. The molecule has 0 aromatic carbocycles. The Labute approximate surface area is 94.9 Å². The topological polar surface area (TPSA) is 51.2 Å². The van der Waals surface area contributed by atoms with Crippen molar-refractivity contribution in [1.29, 1.82) is 0 Å². The molecular weight excluding hydrogens is 208 g/mol. The molecule has 3 heterocycles. The van der Waals surface area contributed by atoms with Gasteiger partial charge in [0.25, 0.3) is 0 Å². The summed E-state index contributed by atoms with van der Waals surface area (Å²) in [7, 11) is 0. The second-order valence-electron chi connectivity index (χ2n) is 5.60. The molecular formula is C12H18O4. The number of aliphatic hydroxyl groups excluding tert-OH is 1. The van der Waals surface area contributed by atoms with Gasteiger partial charge in [0.15, 0.2) is 0 Å². The average molecular weight is 226 g/mol. The van der Waals surface area contributed by atoms with Crippen LogP contribution in [0.5, 0.6) is 0 Å². The summed E-state index contributed by atoms with van der Waals surface area (Å²) in [4.78, 5) is 0. The number of fused-ring (bicyclic) bond motifs is 3. The smallest absolute Gasteiger partial charge is 0.110 e. The van der Waals surface area contributed by atoms with E-state index in [1.165, 1.54) is 0 Å². The molecule has 2 unspecified atom stereocenters. The Morgan fingerprint density at radius 1 is 1.12 bits per heavy atom. The van der Waals surface area contributed by atoms with Gasteiger partial charge in [-0.05, 0) is 19.3 Å². The van der Waals surface area contributed by atoms with Crippen LogP contribution in [0.25, 0.3) is 0 Å². The van der Waals surface area contributed by atoms with E-state index in [-0.39, 0.29) is 30.5 Å². The first-order valence-corrected chi connectivity index (χ1v) is 6.40. The highest BCUT2D eigenvalue weighted by Gasteiger charge is 2.66. The van der Waals surface area contributed by atoms with E-state index >= 15 is 0 Å². The Morgan fingerprint density at radius 2 is 1.94 bits per heavy atom. The Kier molecular flexibility index (Phi) is 1.96. The van der Waals surface area contributed by atoms with E-state index in [0.29, 0.717) is 12.2 Å². The van der Waals surface area contributed by atoms with Gasteiger partial charge in [0, 0.05) is 19.4 Å². The van der Waals surface area contributed by atoms with Crippen LogP contribution in [0, 0.1) is 0 Å². The molecule has 4 heteroatoms. The molecule has 4 rings (SSSR count). The molecule has 1 aliphatic carbocycles. The second kappa shape index (κ2) is 3.19. The summed E-state index contributed by atoms with van der Waals surface area (Å²) >= 11 is 0. The minimum atomic E-state index is -0.0829. The summed E-state index contributed by atoms with van der Waals surface area (Å²) in [6, 6.07) is 0. The maximum atomic E-state index is 9.01. The summed E-state index contributed by atoms with van der Waals surface area (Å²) in [5.41, 5.74) is -0.0829. The first kappa shape index (κ1) is 9.83. The first-order chi connectivity index (χ1) is 7.81. The summed E-state index contributed by atoms with van der Waals surface area (Å²) in [5, 5.41) is 9.01. The molecule has 0 aromatic rings. The molecule has 0 radical (unpaired) electrons. The van der Waals surface area contributed by atoms with E-state index in [4.69, 9.17) is 19.3 Å². The van der Waals surface area contributed by atoms with Crippen molar-refractivity contribution in [2.75, 3.05) is 6.61 Å². The zero-order chi connectivity index (χ0) is 10.8. The third kappa shape index (κ3) is 1.24. The van der Waals surface area contributed by atoms with Crippen LogP contribution in [0.4, 0.5) is 0 Å². The predicted molar refractivity (Wildman–Crippen MR) is 55.1 cm³/mol. The van der Waals surface area contributed by atoms with Gasteiger partial charge in [-0.15, -0.1) is 0 Å². The number of aliphatic hydroxyl groups is 1. The van der Waals surface area contributed by atoms with E-state index < -0.39 is 0 Å². The summed E-state index contributed by atoms with van der Waals surface area (Å²) in [5.74, 6) is 0. The van der Waals surface area contributed by atoms with Gasteiger partial charge in [0.05, 0.1) is 30.0 Å². The van der Waals surface area contributed by atoms with E-state index in [9.17, 15) is 0 Å². The van der Waals surface area contributed by atoms with E-state index in [1.54, 1.807) is 0 Å². The standard InChI is InChI=1S/C12H18O4/c13-4-3-7-1-2-10-12(16-7)5-8(14-10)11-9(6-12)15-11/h7-11,13H,1-6H2/t7?,8-,9-,10+,11+,12?/m1/s1. The molecule has 0 amide bonds. The van der Waals surface area contributed by atoms with Crippen LogP contribution >= 0.6 is 0 Å². The third-order valence-corrected chi connectivity index (χ3v) is 4.61. The minimum Gasteiger partial charge on any atom is -0.396 e. The van der Waals surface area contributed by atoms with Gasteiger partial charge in [0.1, 0.15) is 6.10 Å². The lowest BCUT2D eigenvalue weighted by Gasteiger charge is -2.42. The number of ether oxygens (including phenoxy) is 3. The number of hydrogen-bond acceptors (Lipinski definition) is 4. The molecule has 4 nitrogen and oxygen atoms in total. The van der Waals surface area contributed by atoms with Crippen LogP contribution < -0.4 is 0 Å². The molecule has 1 spiro atoms. The van der Waals surface area contributed by atoms with Gasteiger partial charge in [-0.25, -0.2) is 0 Å². The van der Waals surface area contributed by atoms with Crippen molar-refractivity contribution < 1.29 is 19.3 Å². The van der Waals surface area contributed by atoms with Crippen LogP contribution in [0.1, 0.15) is 32.1 Å². The molecule has 4 aliphatic rings. The van der Waals surface area contributed by atoms with Crippen LogP contribution in [-0.2, 0) is 14.2 Å². The SMILES string of the molecule is OCCC1CC[C@@H]2O[C@@H]3CC2(C[C@H]2O[C@H]23)O1. The minimum absolute atomic E-state index is 0.0829. The van der Waals surface area contributed by atoms with Gasteiger partial charge < -0.3 is 19.3 Å². The zero-order valence-electron chi connectivity index (χ0n) is 9.30. The van der Waals surface area contributed by atoms with Crippen molar-refractivity contribution in [3.8, 4) is 0 Å². The fraction of sp³-hybridized carbons (Fsp3) is 1.00. The molecule has 6 atom stereocenters. The lowest BCUT2D eigenvalue weighted by molar-refractivity contribution is -0.172. The van der Waals surface area contributed by atoms with E-state index in [1.807, 2.05) is 0 Å². The molecule has 16 heavy (non-hydrogen) atoms. The highest BCUT2D eigenvalue weighted by atomic mass is 16.6. The molecule has 1 saturated carbocycles. The fourth-order valence-electron chi connectivity index (χ4n) is 3.83. The maximum absolute atomic E-state index is 9.01. The quantitative estimate of drug-likeness (QED) is 0.701. The average Bonchev–Trinajstić information content (AvgIpc) is 2.94. The molecule has 0 aromatic heterocycles. The van der Waals surface area contributed by atoms with Crippen molar-refractivity contribution >= 4 is 0 Å². The Balaban J connectivity index is 1.56. The molecule has 1 N–H and O–H groups in total. The third-order valence-electron chi connectivity index (χ3n) is 4.61. The van der Waals surface area contributed by atoms with Gasteiger partial charge in [0.2, 0.25) is 0 Å². The van der Waals surface area contributed by atoms with Crippen molar-refractivity contribution in [3.05, 3.63) is 0 Å². The number of rotatable bonds is 2. The van der Waals surface area contributed by atoms with Gasteiger partial charge in [-0.3, -0.25) is 0 Å². The van der Waals surface area contributed by atoms with Gasteiger partial charge >= 0.3 is 0 Å². The monoisotopic (exact) mass is 226 g/mol. The molecule has 3 saturated heterocycles. The lowest BCUT2D eigenvalue weighted by Crippen LogP contribution is -2.50. The van der Waals surface area contributed by atoms with Crippen LogP contribution in [0.3, 0.4) is 0 Å². The Hall–Kier alpha value is -0.160. The zero-order valence-corrected chi connectivity index (χ0v) is 9.30. The highest BCUT2D eigenvalue weighted by molar-refractivity contribution is 5.14. The largest absolute Gasteiger partial charge is 0.396 e. The van der Waals surface area contributed by atoms with E-state index in [2.05, 4.69) is 0 Å². The van der Waals surface area contributed by atoms with Crippen LogP contribution in [0.2, 0.25) is 0 Å². The highest BCUT2D eigenvalue weighted by Crippen LogP contribution is 2.55. The normalized spacial score (nSPS) is 57.9. The Bertz CT molecular complexity index is 303.